The molecule has 184 valence electrons. The molecule has 9 nitrogen and oxygen atoms in total. The lowest BCUT2D eigenvalue weighted by molar-refractivity contribution is -0.270. The zero-order valence-corrected chi connectivity index (χ0v) is 18.6. The summed E-state index contributed by atoms with van der Waals surface area (Å²) in [6.45, 7) is 2.27. The highest BCUT2D eigenvalue weighted by Gasteiger charge is 2.47. The highest BCUT2D eigenvalue weighted by Crippen LogP contribution is 2.45. The third-order valence-corrected chi connectivity index (χ3v) is 4.97. The topological polar surface area (TPSA) is 145 Å². The Labute approximate surface area is 195 Å². The molecule has 0 aliphatic heterocycles. The molecular formula is C19H19BClF4N3O6. The molecule has 3 aromatic rings. The van der Waals surface area contributed by atoms with Gasteiger partial charge in [-0.25, -0.2) is 9.07 Å². The molecule has 0 unspecified atom stereocenters. The van der Waals surface area contributed by atoms with Gasteiger partial charge in [0, 0.05) is 0 Å². The molecular weight excluding hydrogens is 488 g/mol. The van der Waals surface area contributed by atoms with Crippen LogP contribution in [0.4, 0.5) is 17.6 Å². The van der Waals surface area contributed by atoms with Gasteiger partial charge in [-0.15, -0.1) is 0 Å². The highest BCUT2D eigenvalue weighted by molar-refractivity contribution is 6.33. The van der Waals surface area contributed by atoms with Crippen molar-refractivity contribution in [3.63, 3.8) is 0 Å². The number of hydrogen-bond donors (Lipinski definition) is 5. The summed E-state index contributed by atoms with van der Waals surface area (Å²) in [5.74, 6) is -5.18. The van der Waals surface area contributed by atoms with Crippen molar-refractivity contribution in [3.8, 4) is 22.6 Å². The monoisotopic (exact) mass is 507 g/mol. The summed E-state index contributed by atoms with van der Waals surface area (Å²) in [7, 11) is 0.773. The third-order valence-electron chi connectivity index (χ3n) is 4.66. The summed E-state index contributed by atoms with van der Waals surface area (Å²) in [5, 5.41) is 57.7. The van der Waals surface area contributed by atoms with Crippen LogP contribution in [0.2, 0.25) is 5.02 Å². The standard InChI is InChI=1S/C19H19BClF4N3O6/c1-16(2,29)7-17(30,31)28-15(19(23,24)25)8(6-26-28)14-12(18(20,32)33)13(27-34-14)11-9(21)4-3-5-10(11)22/h3-6,29-33H,7,20H2,1-2H3. The van der Waals surface area contributed by atoms with Gasteiger partial charge in [0.05, 0.1) is 39.9 Å². The van der Waals surface area contributed by atoms with E-state index >= 15 is 0 Å². The minimum absolute atomic E-state index is 0.200. The van der Waals surface area contributed by atoms with Crippen molar-refractivity contribution < 1.29 is 47.6 Å². The highest BCUT2D eigenvalue weighted by atomic mass is 35.5. The van der Waals surface area contributed by atoms with E-state index in [0.29, 0.717) is 6.20 Å². The molecule has 5 N–H and O–H groups in total. The van der Waals surface area contributed by atoms with Crippen molar-refractivity contribution in [2.45, 2.75) is 43.6 Å². The normalized spacial score (nSPS) is 13.5. The summed E-state index contributed by atoms with van der Waals surface area (Å²) < 4.78 is 61.5. The average molecular weight is 508 g/mol. The predicted octanol–water partition coefficient (Wildman–Crippen LogP) is 1.50. The van der Waals surface area contributed by atoms with Crippen LogP contribution in [0.3, 0.4) is 0 Å². The second-order valence-corrected chi connectivity index (χ2v) is 8.84. The van der Waals surface area contributed by atoms with Crippen molar-refractivity contribution in [1.82, 2.24) is 14.9 Å². The van der Waals surface area contributed by atoms with Gasteiger partial charge >= 0.3 is 6.18 Å². The van der Waals surface area contributed by atoms with Gasteiger partial charge in [-0.1, -0.05) is 22.8 Å². The maximum Gasteiger partial charge on any atom is 0.433 e. The molecule has 0 saturated carbocycles. The molecule has 2 heterocycles. The third kappa shape index (κ3) is 4.97. The Balaban J connectivity index is 2.34. The molecule has 0 aliphatic rings. The first-order valence-corrected chi connectivity index (χ1v) is 9.95. The second kappa shape index (κ2) is 8.32. The minimum Gasteiger partial charge on any atom is -0.390 e. The van der Waals surface area contributed by atoms with Crippen LogP contribution in [0.5, 0.6) is 0 Å². The van der Waals surface area contributed by atoms with Crippen molar-refractivity contribution in [3.05, 3.63) is 46.5 Å². The lowest BCUT2D eigenvalue weighted by atomic mass is 9.83. The quantitative estimate of drug-likeness (QED) is 0.192. The van der Waals surface area contributed by atoms with E-state index in [-0.39, 0.29) is 9.70 Å². The zero-order chi connectivity index (χ0) is 25.9. The fourth-order valence-corrected chi connectivity index (χ4v) is 3.77. The van der Waals surface area contributed by atoms with Gasteiger partial charge in [-0.3, -0.25) is 0 Å². The van der Waals surface area contributed by atoms with Gasteiger partial charge in [0.15, 0.2) is 25.0 Å². The number of benzene rings is 1. The van der Waals surface area contributed by atoms with Gasteiger partial charge in [0.2, 0.25) is 0 Å². The molecule has 0 atom stereocenters. The molecule has 0 fully saturated rings. The van der Waals surface area contributed by atoms with Gasteiger partial charge in [-0.2, -0.15) is 18.3 Å². The molecule has 3 rings (SSSR count). The maximum absolute atomic E-state index is 14.5. The number of hydrogen-bond acceptors (Lipinski definition) is 8. The van der Waals surface area contributed by atoms with E-state index in [1.165, 1.54) is 12.1 Å². The Morgan fingerprint density at radius 3 is 2.24 bits per heavy atom. The van der Waals surface area contributed by atoms with Crippen LogP contribution in [0.15, 0.2) is 28.9 Å². The van der Waals surface area contributed by atoms with E-state index < -0.39 is 69.5 Å². The van der Waals surface area contributed by atoms with Gasteiger partial charge < -0.3 is 30.1 Å². The predicted molar refractivity (Wildman–Crippen MR) is 111 cm³/mol. The fraction of sp³-hybridized carbons (Fsp3) is 0.368. The Morgan fingerprint density at radius 1 is 1.12 bits per heavy atom. The minimum atomic E-state index is -5.29. The van der Waals surface area contributed by atoms with E-state index in [9.17, 15) is 43.1 Å². The first-order chi connectivity index (χ1) is 15.3. The smallest absolute Gasteiger partial charge is 0.390 e. The Bertz CT molecular complexity index is 1190. The lowest BCUT2D eigenvalue weighted by Crippen LogP contribution is -2.43. The van der Waals surface area contributed by atoms with E-state index in [4.69, 9.17) is 16.1 Å². The van der Waals surface area contributed by atoms with E-state index in [0.717, 1.165) is 27.8 Å². The van der Waals surface area contributed by atoms with Crippen molar-refractivity contribution >= 4 is 19.4 Å². The van der Waals surface area contributed by atoms with Crippen molar-refractivity contribution in [1.29, 1.82) is 0 Å². The van der Waals surface area contributed by atoms with Crippen LogP contribution in [-0.4, -0.2) is 53.9 Å². The average Bonchev–Trinajstić information content (AvgIpc) is 3.23. The van der Waals surface area contributed by atoms with Crippen LogP contribution < -0.4 is 0 Å². The van der Waals surface area contributed by atoms with E-state index in [1.807, 2.05) is 0 Å². The van der Waals surface area contributed by atoms with Crippen LogP contribution in [-0.2, 0) is 17.8 Å². The van der Waals surface area contributed by atoms with Gasteiger partial charge in [0.1, 0.15) is 11.5 Å². The number of aromatic nitrogens is 3. The molecule has 1 aromatic carbocycles. The molecule has 0 spiro atoms. The maximum atomic E-state index is 14.5. The molecule has 0 saturated heterocycles. The molecule has 0 bridgehead atoms. The number of aliphatic hydroxyl groups is 5. The van der Waals surface area contributed by atoms with Crippen molar-refractivity contribution in [2.24, 2.45) is 0 Å². The second-order valence-electron chi connectivity index (χ2n) is 8.43. The largest absolute Gasteiger partial charge is 0.433 e. The number of halogens is 5. The number of rotatable bonds is 6. The Kier molecular flexibility index (Phi) is 6.40. The lowest BCUT2D eigenvalue weighted by Gasteiger charge is -2.30. The Hall–Kier alpha value is -2.49. The first kappa shape index (κ1) is 26.1. The summed E-state index contributed by atoms with van der Waals surface area (Å²) >= 11 is 6.00. The van der Waals surface area contributed by atoms with E-state index in [1.54, 1.807) is 0 Å². The SMILES string of the molecule is BC(O)(O)c1c(-c2c(F)cccc2Cl)noc1-c1cnn(C(O)(O)CC(C)(C)O)c1C(F)(F)F. The van der Waals surface area contributed by atoms with E-state index in [2.05, 4.69) is 10.3 Å². The Morgan fingerprint density at radius 2 is 1.74 bits per heavy atom. The fourth-order valence-electron chi connectivity index (χ4n) is 3.52. The molecule has 15 heteroatoms. The molecule has 0 aliphatic carbocycles. The molecule has 0 radical (unpaired) electrons. The summed E-state index contributed by atoms with van der Waals surface area (Å²) in [6.07, 6.45) is -5.75. The first-order valence-electron chi connectivity index (χ1n) is 9.57. The summed E-state index contributed by atoms with van der Waals surface area (Å²) in [5.41, 5.74) is -9.31. The zero-order valence-electron chi connectivity index (χ0n) is 17.9. The summed E-state index contributed by atoms with van der Waals surface area (Å²) in [6, 6.07) is 3.45. The summed E-state index contributed by atoms with van der Waals surface area (Å²) in [4.78, 5) is 0. The van der Waals surface area contributed by atoms with Gasteiger partial charge in [-0.05, 0) is 26.0 Å². The van der Waals surface area contributed by atoms with Crippen LogP contribution in [0.1, 0.15) is 31.5 Å². The number of alkyl halides is 3. The van der Waals surface area contributed by atoms with Crippen molar-refractivity contribution in [2.75, 3.05) is 0 Å². The molecule has 0 amide bonds. The number of nitrogens with zero attached hydrogens (tertiary/aromatic N) is 3. The van der Waals surface area contributed by atoms with Crippen LogP contribution >= 0.6 is 11.6 Å². The molecule has 2 aromatic heterocycles. The van der Waals surface area contributed by atoms with Gasteiger partial charge in [0.25, 0.3) is 5.91 Å². The van der Waals surface area contributed by atoms with Crippen LogP contribution in [0, 0.1) is 5.82 Å². The van der Waals surface area contributed by atoms with Crippen LogP contribution in [0.25, 0.3) is 22.6 Å². The molecule has 34 heavy (non-hydrogen) atoms.